The van der Waals surface area contributed by atoms with Crippen molar-refractivity contribution in [1.29, 1.82) is 0 Å². The summed E-state index contributed by atoms with van der Waals surface area (Å²) in [5.41, 5.74) is 5.57. The average molecular weight is 433 g/mol. The summed E-state index contributed by atoms with van der Waals surface area (Å²) in [6.45, 7) is 0. The molecule has 32 heavy (non-hydrogen) atoms. The molecule has 8 heteroatoms. The number of aliphatic hydroxyl groups excluding tert-OH is 1. The SMILES string of the molecule is Cn1cc(-c2cccc(-c3ncc(-c4cnn(C)c4)c(C4CC[C@H](F)[C@@H](O)C4)n3)c2)cn1. The van der Waals surface area contributed by atoms with Crippen molar-refractivity contribution < 1.29 is 9.50 Å². The molecule has 7 nitrogen and oxygen atoms in total. The summed E-state index contributed by atoms with van der Waals surface area (Å²) in [4.78, 5) is 9.61. The van der Waals surface area contributed by atoms with Gasteiger partial charge in [-0.25, -0.2) is 14.4 Å². The Labute approximate surface area is 185 Å². The van der Waals surface area contributed by atoms with Crippen LogP contribution in [0.3, 0.4) is 0 Å². The van der Waals surface area contributed by atoms with E-state index in [0.29, 0.717) is 25.1 Å². The maximum atomic E-state index is 13.9. The van der Waals surface area contributed by atoms with E-state index in [4.69, 9.17) is 4.98 Å². The predicted octanol–water partition coefficient (Wildman–Crippen LogP) is 3.91. The molecule has 1 aliphatic carbocycles. The summed E-state index contributed by atoms with van der Waals surface area (Å²) in [7, 11) is 3.75. The number of halogens is 1. The minimum Gasteiger partial charge on any atom is -0.390 e. The normalized spacial score (nSPS) is 21.1. The first-order valence-corrected chi connectivity index (χ1v) is 10.8. The highest BCUT2D eigenvalue weighted by Crippen LogP contribution is 2.38. The largest absolute Gasteiger partial charge is 0.390 e. The van der Waals surface area contributed by atoms with E-state index >= 15 is 0 Å². The summed E-state index contributed by atoms with van der Waals surface area (Å²) in [5, 5.41) is 18.7. The van der Waals surface area contributed by atoms with Gasteiger partial charge in [-0.3, -0.25) is 9.36 Å². The lowest BCUT2D eigenvalue weighted by Crippen LogP contribution is -2.30. The minimum atomic E-state index is -1.18. The van der Waals surface area contributed by atoms with E-state index in [0.717, 1.165) is 33.5 Å². The monoisotopic (exact) mass is 432 g/mol. The van der Waals surface area contributed by atoms with Gasteiger partial charge in [-0.05, 0) is 30.9 Å². The Morgan fingerprint density at radius 1 is 0.938 bits per heavy atom. The number of nitrogens with zero attached hydrogens (tertiary/aromatic N) is 6. The molecule has 0 aliphatic heterocycles. The van der Waals surface area contributed by atoms with Gasteiger partial charge in [0.25, 0.3) is 0 Å². The highest BCUT2D eigenvalue weighted by atomic mass is 19.1. The van der Waals surface area contributed by atoms with E-state index in [1.807, 2.05) is 63.1 Å². The van der Waals surface area contributed by atoms with Gasteiger partial charge in [0, 0.05) is 60.9 Å². The van der Waals surface area contributed by atoms with E-state index in [9.17, 15) is 9.50 Å². The Kier molecular flexibility index (Phi) is 5.30. The maximum Gasteiger partial charge on any atom is 0.159 e. The van der Waals surface area contributed by atoms with E-state index in [-0.39, 0.29) is 5.92 Å². The molecule has 1 fully saturated rings. The zero-order valence-corrected chi connectivity index (χ0v) is 18.1. The molecule has 1 N–H and O–H groups in total. The molecule has 1 unspecified atom stereocenters. The average Bonchev–Trinajstić information content (AvgIpc) is 3.43. The molecular formula is C24H25FN6O. The van der Waals surface area contributed by atoms with Crippen molar-refractivity contribution in [3.05, 3.63) is 60.9 Å². The molecule has 5 rings (SSSR count). The van der Waals surface area contributed by atoms with Crippen molar-refractivity contribution >= 4 is 0 Å². The molecule has 4 aromatic rings. The van der Waals surface area contributed by atoms with Gasteiger partial charge < -0.3 is 5.11 Å². The Morgan fingerprint density at radius 2 is 1.66 bits per heavy atom. The summed E-state index contributed by atoms with van der Waals surface area (Å²) in [5.74, 6) is 0.561. The van der Waals surface area contributed by atoms with Crippen molar-refractivity contribution in [3.8, 4) is 33.6 Å². The highest BCUT2D eigenvalue weighted by Gasteiger charge is 2.32. The second-order valence-electron chi connectivity index (χ2n) is 8.47. The predicted molar refractivity (Wildman–Crippen MR) is 119 cm³/mol. The molecule has 0 spiro atoms. The van der Waals surface area contributed by atoms with Crippen molar-refractivity contribution in [3.63, 3.8) is 0 Å². The Bertz CT molecular complexity index is 1250. The van der Waals surface area contributed by atoms with Crippen LogP contribution in [0.25, 0.3) is 33.6 Å². The molecule has 0 radical (unpaired) electrons. The lowest BCUT2D eigenvalue weighted by Gasteiger charge is -2.29. The summed E-state index contributed by atoms with van der Waals surface area (Å²) < 4.78 is 17.4. The van der Waals surface area contributed by atoms with Crippen LogP contribution < -0.4 is 0 Å². The van der Waals surface area contributed by atoms with Gasteiger partial charge in [0.15, 0.2) is 5.82 Å². The fourth-order valence-electron chi connectivity index (χ4n) is 4.39. The van der Waals surface area contributed by atoms with Gasteiger partial charge in [-0.15, -0.1) is 0 Å². The number of aryl methyl sites for hydroxylation is 2. The summed E-state index contributed by atoms with van der Waals surface area (Å²) in [6.07, 6.45) is 8.48. The van der Waals surface area contributed by atoms with Crippen LogP contribution in [0.15, 0.2) is 55.2 Å². The smallest absolute Gasteiger partial charge is 0.159 e. The number of hydrogen-bond donors (Lipinski definition) is 1. The first-order valence-electron chi connectivity index (χ1n) is 10.8. The number of alkyl halides is 1. The zero-order valence-electron chi connectivity index (χ0n) is 18.1. The fourth-order valence-corrected chi connectivity index (χ4v) is 4.39. The van der Waals surface area contributed by atoms with Crippen LogP contribution in [-0.4, -0.2) is 46.9 Å². The Balaban J connectivity index is 1.57. The van der Waals surface area contributed by atoms with Gasteiger partial charge >= 0.3 is 0 Å². The molecule has 0 amide bonds. The number of aliphatic hydroxyl groups is 1. The van der Waals surface area contributed by atoms with E-state index in [1.54, 1.807) is 15.6 Å². The molecule has 3 atom stereocenters. The molecule has 3 aromatic heterocycles. The van der Waals surface area contributed by atoms with Crippen LogP contribution in [0.4, 0.5) is 4.39 Å². The van der Waals surface area contributed by atoms with Crippen LogP contribution in [-0.2, 0) is 14.1 Å². The fraction of sp³-hybridized carbons (Fsp3) is 0.333. The lowest BCUT2D eigenvalue weighted by atomic mass is 9.82. The van der Waals surface area contributed by atoms with Crippen LogP contribution in [0, 0.1) is 0 Å². The molecule has 164 valence electrons. The zero-order chi connectivity index (χ0) is 22.2. The molecule has 0 saturated heterocycles. The van der Waals surface area contributed by atoms with Crippen molar-refractivity contribution in [2.75, 3.05) is 0 Å². The molecular weight excluding hydrogens is 407 g/mol. The second kappa shape index (κ2) is 8.27. The second-order valence-corrected chi connectivity index (χ2v) is 8.47. The third-order valence-corrected chi connectivity index (χ3v) is 6.11. The first kappa shape index (κ1) is 20.5. The van der Waals surface area contributed by atoms with Crippen LogP contribution in [0.2, 0.25) is 0 Å². The maximum absolute atomic E-state index is 13.9. The van der Waals surface area contributed by atoms with Crippen LogP contribution >= 0.6 is 0 Å². The van der Waals surface area contributed by atoms with Gasteiger partial charge in [-0.2, -0.15) is 10.2 Å². The van der Waals surface area contributed by atoms with E-state index in [2.05, 4.69) is 15.2 Å². The summed E-state index contributed by atoms with van der Waals surface area (Å²) >= 11 is 0. The lowest BCUT2D eigenvalue weighted by molar-refractivity contribution is 0.0356. The molecule has 3 heterocycles. The van der Waals surface area contributed by atoms with Gasteiger partial charge in [0.2, 0.25) is 0 Å². The van der Waals surface area contributed by atoms with Crippen molar-refractivity contribution in [2.45, 2.75) is 37.5 Å². The molecule has 1 aliphatic rings. The third-order valence-electron chi connectivity index (χ3n) is 6.11. The minimum absolute atomic E-state index is 0.0459. The molecule has 1 saturated carbocycles. The Morgan fingerprint density at radius 3 is 2.34 bits per heavy atom. The highest BCUT2D eigenvalue weighted by molar-refractivity contribution is 5.71. The van der Waals surface area contributed by atoms with Crippen molar-refractivity contribution in [1.82, 2.24) is 29.5 Å². The van der Waals surface area contributed by atoms with Gasteiger partial charge in [-0.1, -0.05) is 18.2 Å². The van der Waals surface area contributed by atoms with Crippen LogP contribution in [0.5, 0.6) is 0 Å². The van der Waals surface area contributed by atoms with Gasteiger partial charge in [0.05, 0.1) is 24.2 Å². The number of aromatic nitrogens is 6. The van der Waals surface area contributed by atoms with E-state index in [1.165, 1.54) is 0 Å². The van der Waals surface area contributed by atoms with Crippen molar-refractivity contribution in [2.24, 2.45) is 14.1 Å². The number of hydrogen-bond acceptors (Lipinski definition) is 5. The number of benzene rings is 1. The number of rotatable bonds is 4. The third kappa shape index (κ3) is 3.93. The van der Waals surface area contributed by atoms with E-state index < -0.39 is 12.3 Å². The molecule has 1 aromatic carbocycles. The van der Waals surface area contributed by atoms with Gasteiger partial charge in [0.1, 0.15) is 6.17 Å². The van der Waals surface area contributed by atoms with Crippen LogP contribution in [0.1, 0.15) is 30.9 Å². The molecule has 0 bridgehead atoms. The standard InChI is InChI=1S/C24H25FN6O/c1-30-13-18(10-27-30)15-4-3-5-17(8-15)24-26-12-20(19-11-28-31(2)14-19)23(29-24)16-6-7-21(25)22(32)9-16/h3-5,8,10-14,16,21-22,32H,6-7,9H2,1-2H3/t16?,21-,22-/m0/s1. The topological polar surface area (TPSA) is 81.7 Å². The quantitative estimate of drug-likeness (QED) is 0.529. The first-order chi connectivity index (χ1) is 15.5. The Hall–Kier alpha value is -3.39. The summed E-state index contributed by atoms with van der Waals surface area (Å²) in [6, 6.07) is 8.04.